The van der Waals surface area contributed by atoms with Crippen molar-refractivity contribution in [2.45, 2.75) is 6.42 Å². The molecular formula is C13H22N4O. The molecule has 1 saturated heterocycles. The van der Waals surface area contributed by atoms with Crippen LogP contribution in [0, 0.1) is 0 Å². The van der Waals surface area contributed by atoms with E-state index in [-0.39, 0.29) is 0 Å². The molecule has 100 valence electrons. The molecular weight excluding hydrogens is 228 g/mol. The molecule has 0 saturated carbocycles. The van der Waals surface area contributed by atoms with Gasteiger partial charge in [-0.1, -0.05) is 12.1 Å². The lowest BCUT2D eigenvalue weighted by atomic mass is 10.1. The third-order valence-electron chi connectivity index (χ3n) is 3.15. The molecule has 1 fully saturated rings. The number of rotatable bonds is 6. The van der Waals surface area contributed by atoms with Gasteiger partial charge in [-0.25, -0.2) is 5.48 Å². The van der Waals surface area contributed by atoms with Gasteiger partial charge in [-0.15, -0.1) is 0 Å². The Morgan fingerprint density at radius 2 is 1.94 bits per heavy atom. The van der Waals surface area contributed by atoms with Gasteiger partial charge in [0.25, 0.3) is 0 Å². The van der Waals surface area contributed by atoms with E-state index in [0.29, 0.717) is 0 Å². The number of benzene rings is 1. The van der Waals surface area contributed by atoms with Crippen LogP contribution in [0.1, 0.15) is 5.56 Å². The van der Waals surface area contributed by atoms with Gasteiger partial charge in [0.2, 0.25) is 0 Å². The maximum atomic E-state index is 4.90. The van der Waals surface area contributed by atoms with Crippen molar-refractivity contribution in [3.8, 4) is 0 Å². The molecule has 5 heteroatoms. The topological polar surface area (TPSA) is 48.6 Å². The molecule has 0 unspecified atom stereocenters. The fourth-order valence-corrected chi connectivity index (χ4v) is 2.07. The number of nitrogens with one attached hydrogen (secondary N) is 3. The Morgan fingerprint density at radius 3 is 2.61 bits per heavy atom. The van der Waals surface area contributed by atoms with Crippen molar-refractivity contribution >= 4 is 5.69 Å². The van der Waals surface area contributed by atoms with Crippen LogP contribution in [0.5, 0.6) is 0 Å². The van der Waals surface area contributed by atoms with E-state index in [2.05, 4.69) is 33.3 Å². The number of hydrogen-bond acceptors (Lipinski definition) is 5. The maximum absolute atomic E-state index is 4.90. The van der Waals surface area contributed by atoms with Crippen LogP contribution in [-0.4, -0.2) is 44.7 Å². The van der Waals surface area contributed by atoms with E-state index >= 15 is 0 Å². The van der Waals surface area contributed by atoms with E-state index in [9.17, 15) is 0 Å². The van der Waals surface area contributed by atoms with Crippen molar-refractivity contribution in [1.82, 2.24) is 15.7 Å². The van der Waals surface area contributed by atoms with Gasteiger partial charge in [0.15, 0.2) is 0 Å². The highest BCUT2D eigenvalue weighted by Gasteiger charge is 2.08. The molecule has 3 N–H and O–H groups in total. The lowest BCUT2D eigenvalue weighted by Gasteiger charge is -2.27. The second-order valence-corrected chi connectivity index (χ2v) is 4.45. The molecule has 0 radical (unpaired) electrons. The SMILES string of the molecule is CNONc1ccc(CCN2CCNCC2)cc1. The minimum Gasteiger partial charge on any atom is -0.314 e. The molecule has 5 nitrogen and oxygen atoms in total. The monoisotopic (exact) mass is 250 g/mol. The van der Waals surface area contributed by atoms with Gasteiger partial charge < -0.3 is 10.2 Å². The molecule has 1 aliphatic rings. The van der Waals surface area contributed by atoms with Crippen LogP contribution in [0.25, 0.3) is 0 Å². The Bertz CT molecular complexity index is 335. The minimum absolute atomic E-state index is 0.954. The van der Waals surface area contributed by atoms with Crippen molar-refractivity contribution in [2.24, 2.45) is 0 Å². The Labute approximate surface area is 108 Å². The maximum Gasteiger partial charge on any atom is 0.0623 e. The molecule has 1 heterocycles. The molecule has 0 aliphatic carbocycles. The summed E-state index contributed by atoms with van der Waals surface area (Å²) in [5.74, 6) is 0. The van der Waals surface area contributed by atoms with Crippen molar-refractivity contribution in [3.63, 3.8) is 0 Å². The van der Waals surface area contributed by atoms with Crippen LogP contribution in [0.4, 0.5) is 5.69 Å². The third kappa shape index (κ3) is 4.27. The summed E-state index contributed by atoms with van der Waals surface area (Å²) in [5, 5.41) is 3.37. The Hall–Kier alpha value is -1.14. The number of nitrogens with zero attached hydrogens (tertiary/aromatic N) is 1. The smallest absolute Gasteiger partial charge is 0.0623 e. The molecule has 1 aromatic rings. The molecule has 0 atom stereocenters. The molecule has 2 rings (SSSR count). The van der Waals surface area contributed by atoms with Gasteiger partial charge >= 0.3 is 0 Å². The van der Waals surface area contributed by atoms with Crippen LogP contribution < -0.4 is 16.3 Å². The van der Waals surface area contributed by atoms with Crippen molar-refractivity contribution in [3.05, 3.63) is 29.8 Å². The quantitative estimate of drug-likeness (QED) is 0.646. The second-order valence-electron chi connectivity index (χ2n) is 4.45. The standard InChI is InChI=1S/C13H22N4O/c1-14-18-16-13-4-2-12(3-5-13)6-9-17-10-7-15-8-11-17/h2-5,14-16H,6-11H2,1H3. The van der Waals surface area contributed by atoms with Gasteiger partial charge in [0, 0.05) is 39.8 Å². The van der Waals surface area contributed by atoms with E-state index in [1.165, 1.54) is 5.56 Å². The summed E-state index contributed by atoms with van der Waals surface area (Å²) in [6.07, 6.45) is 1.10. The Morgan fingerprint density at radius 1 is 1.22 bits per heavy atom. The zero-order chi connectivity index (χ0) is 12.6. The molecule has 0 bridgehead atoms. The molecule has 0 amide bonds. The highest BCUT2D eigenvalue weighted by Crippen LogP contribution is 2.10. The summed E-state index contributed by atoms with van der Waals surface area (Å²) in [6, 6.07) is 8.35. The summed E-state index contributed by atoms with van der Waals surface area (Å²) < 4.78 is 0. The normalized spacial score (nSPS) is 16.7. The summed E-state index contributed by atoms with van der Waals surface area (Å²) >= 11 is 0. The van der Waals surface area contributed by atoms with Crippen molar-refractivity contribution in [2.75, 3.05) is 45.3 Å². The summed E-state index contributed by atoms with van der Waals surface area (Å²) in [5.41, 5.74) is 7.69. The molecule has 1 aliphatic heterocycles. The zero-order valence-corrected chi connectivity index (χ0v) is 10.9. The Balaban J connectivity index is 1.75. The van der Waals surface area contributed by atoms with Crippen LogP contribution in [-0.2, 0) is 11.4 Å². The van der Waals surface area contributed by atoms with Gasteiger partial charge in [-0.3, -0.25) is 0 Å². The number of hydrogen-bond donors (Lipinski definition) is 3. The molecule has 0 aromatic heterocycles. The average molecular weight is 250 g/mol. The second kappa shape index (κ2) is 7.33. The largest absolute Gasteiger partial charge is 0.314 e. The minimum atomic E-state index is 0.954. The van der Waals surface area contributed by atoms with Crippen LogP contribution in [0.15, 0.2) is 24.3 Å². The first-order valence-corrected chi connectivity index (χ1v) is 6.49. The first kappa shape index (κ1) is 13.3. The van der Waals surface area contributed by atoms with Gasteiger partial charge in [0.1, 0.15) is 0 Å². The fourth-order valence-electron chi connectivity index (χ4n) is 2.07. The highest BCUT2D eigenvalue weighted by atomic mass is 16.8. The average Bonchev–Trinajstić information content (AvgIpc) is 2.45. The molecule has 18 heavy (non-hydrogen) atoms. The third-order valence-corrected chi connectivity index (χ3v) is 3.15. The van der Waals surface area contributed by atoms with Crippen molar-refractivity contribution in [1.29, 1.82) is 0 Å². The predicted octanol–water partition coefficient (Wildman–Crippen LogP) is 0.612. The van der Waals surface area contributed by atoms with Crippen LogP contribution >= 0.6 is 0 Å². The summed E-state index contributed by atoms with van der Waals surface area (Å²) in [6.45, 7) is 5.70. The fraction of sp³-hybridized carbons (Fsp3) is 0.538. The zero-order valence-electron chi connectivity index (χ0n) is 10.9. The summed E-state index contributed by atoms with van der Waals surface area (Å²) in [4.78, 5) is 7.41. The summed E-state index contributed by atoms with van der Waals surface area (Å²) in [7, 11) is 1.72. The van der Waals surface area contributed by atoms with E-state index in [0.717, 1.165) is 44.8 Å². The van der Waals surface area contributed by atoms with Gasteiger partial charge in [-0.05, 0) is 24.1 Å². The van der Waals surface area contributed by atoms with E-state index in [4.69, 9.17) is 4.94 Å². The van der Waals surface area contributed by atoms with Gasteiger partial charge in [-0.2, -0.15) is 10.4 Å². The van der Waals surface area contributed by atoms with Crippen LogP contribution in [0.2, 0.25) is 0 Å². The van der Waals surface area contributed by atoms with E-state index < -0.39 is 0 Å². The van der Waals surface area contributed by atoms with Crippen molar-refractivity contribution < 1.29 is 4.94 Å². The van der Waals surface area contributed by atoms with E-state index in [1.54, 1.807) is 7.05 Å². The molecule has 1 aromatic carbocycles. The molecule has 0 spiro atoms. The first-order chi connectivity index (χ1) is 8.88. The lowest BCUT2D eigenvalue weighted by molar-refractivity contribution is 0.109. The highest BCUT2D eigenvalue weighted by molar-refractivity contribution is 5.42. The first-order valence-electron chi connectivity index (χ1n) is 6.49. The number of hydroxylamine groups is 1. The predicted molar refractivity (Wildman–Crippen MR) is 73.2 cm³/mol. The van der Waals surface area contributed by atoms with E-state index in [1.807, 2.05) is 12.1 Å². The number of anilines is 1. The Kier molecular flexibility index (Phi) is 5.41. The lowest BCUT2D eigenvalue weighted by Crippen LogP contribution is -2.44. The van der Waals surface area contributed by atoms with Gasteiger partial charge in [0.05, 0.1) is 5.69 Å². The van der Waals surface area contributed by atoms with Crippen LogP contribution in [0.3, 0.4) is 0 Å². The number of piperazine rings is 1.